The summed E-state index contributed by atoms with van der Waals surface area (Å²) < 4.78 is 15.8. The van der Waals surface area contributed by atoms with E-state index in [1.807, 2.05) is 0 Å². The lowest BCUT2D eigenvalue weighted by molar-refractivity contribution is 0.000688. The van der Waals surface area contributed by atoms with Crippen LogP contribution in [0.5, 0.6) is 11.5 Å². The van der Waals surface area contributed by atoms with Crippen LogP contribution in [0.2, 0.25) is 0 Å². The molecule has 1 aliphatic heterocycles. The maximum atomic E-state index is 12.6. The molecule has 2 N–H and O–H groups in total. The zero-order chi connectivity index (χ0) is 14.5. The quantitative estimate of drug-likeness (QED) is 0.869. The fraction of sp³-hybridized carbons (Fsp3) is 0.500. The summed E-state index contributed by atoms with van der Waals surface area (Å²) in [6.45, 7) is 1.92. The third-order valence-electron chi connectivity index (χ3n) is 3.40. The number of amides is 1. The molecule has 1 amide bonds. The van der Waals surface area contributed by atoms with Crippen molar-refractivity contribution in [2.45, 2.75) is 6.04 Å². The molecule has 1 aromatic rings. The van der Waals surface area contributed by atoms with Gasteiger partial charge in [-0.1, -0.05) is 0 Å². The second-order valence-corrected chi connectivity index (χ2v) is 4.53. The van der Waals surface area contributed by atoms with E-state index < -0.39 is 0 Å². The van der Waals surface area contributed by atoms with E-state index in [1.54, 1.807) is 30.2 Å². The van der Waals surface area contributed by atoms with Gasteiger partial charge in [-0.15, -0.1) is 0 Å². The summed E-state index contributed by atoms with van der Waals surface area (Å²) in [6.07, 6.45) is 0. The first-order valence-corrected chi connectivity index (χ1v) is 6.52. The summed E-state index contributed by atoms with van der Waals surface area (Å²) in [6, 6.07) is 5.06. The third kappa shape index (κ3) is 2.86. The number of benzene rings is 1. The molecule has 1 heterocycles. The van der Waals surface area contributed by atoms with Crippen LogP contribution < -0.4 is 15.2 Å². The van der Waals surface area contributed by atoms with E-state index in [0.717, 1.165) is 0 Å². The molecule has 110 valence electrons. The fourth-order valence-electron chi connectivity index (χ4n) is 2.25. The Kier molecular flexibility index (Phi) is 4.81. The van der Waals surface area contributed by atoms with Gasteiger partial charge in [0.15, 0.2) is 0 Å². The molecule has 1 aliphatic rings. The highest BCUT2D eigenvalue weighted by atomic mass is 16.5. The van der Waals surface area contributed by atoms with Gasteiger partial charge in [0.2, 0.25) is 0 Å². The summed E-state index contributed by atoms with van der Waals surface area (Å²) in [5.74, 6) is 1.05. The Hall–Kier alpha value is -1.79. The molecule has 1 fully saturated rings. The predicted molar refractivity (Wildman–Crippen MR) is 74.2 cm³/mol. The molecule has 1 atom stereocenters. The van der Waals surface area contributed by atoms with Gasteiger partial charge in [0.25, 0.3) is 5.91 Å². The first kappa shape index (κ1) is 14.6. The summed E-state index contributed by atoms with van der Waals surface area (Å²) in [5.41, 5.74) is 6.21. The lowest BCUT2D eigenvalue weighted by Crippen LogP contribution is -2.52. The van der Waals surface area contributed by atoms with Crippen molar-refractivity contribution >= 4 is 5.91 Å². The van der Waals surface area contributed by atoms with Gasteiger partial charge >= 0.3 is 0 Å². The molecular weight excluding hydrogens is 260 g/mol. The third-order valence-corrected chi connectivity index (χ3v) is 3.40. The van der Waals surface area contributed by atoms with Crippen LogP contribution in [0.3, 0.4) is 0 Å². The van der Waals surface area contributed by atoms with Crippen molar-refractivity contribution in [3.63, 3.8) is 0 Å². The molecule has 1 aromatic carbocycles. The Morgan fingerprint density at radius 1 is 1.45 bits per heavy atom. The van der Waals surface area contributed by atoms with Gasteiger partial charge in [-0.25, -0.2) is 0 Å². The van der Waals surface area contributed by atoms with Crippen LogP contribution in [0, 0.1) is 0 Å². The van der Waals surface area contributed by atoms with Crippen LogP contribution in [0.15, 0.2) is 18.2 Å². The molecule has 20 heavy (non-hydrogen) atoms. The Morgan fingerprint density at radius 2 is 2.25 bits per heavy atom. The molecular formula is C14H20N2O4. The van der Waals surface area contributed by atoms with E-state index in [-0.39, 0.29) is 11.9 Å². The van der Waals surface area contributed by atoms with Crippen molar-refractivity contribution < 1.29 is 19.0 Å². The second kappa shape index (κ2) is 6.58. The highest BCUT2D eigenvalue weighted by Crippen LogP contribution is 2.26. The fourth-order valence-corrected chi connectivity index (χ4v) is 2.25. The maximum Gasteiger partial charge on any atom is 0.258 e. The summed E-state index contributed by atoms with van der Waals surface area (Å²) in [7, 11) is 3.11. The second-order valence-electron chi connectivity index (χ2n) is 4.53. The molecule has 0 aromatic heterocycles. The Balaban J connectivity index is 2.27. The average molecular weight is 280 g/mol. The van der Waals surface area contributed by atoms with Crippen molar-refractivity contribution in [2.24, 2.45) is 5.73 Å². The number of methoxy groups -OCH3 is 2. The number of nitrogens with two attached hydrogens (primary N) is 1. The van der Waals surface area contributed by atoms with Crippen molar-refractivity contribution in [1.82, 2.24) is 4.90 Å². The lowest BCUT2D eigenvalue weighted by atomic mass is 10.1. The van der Waals surface area contributed by atoms with E-state index in [2.05, 4.69) is 0 Å². The Labute approximate surface area is 118 Å². The standard InChI is InChI=1S/C14H20N2O4/c1-18-11-3-4-12(13(7-11)19-2)14(17)16-5-6-20-9-10(16)8-15/h3-4,7,10H,5-6,8-9,15H2,1-2H3. The molecule has 1 saturated heterocycles. The highest BCUT2D eigenvalue weighted by molar-refractivity contribution is 5.97. The van der Waals surface area contributed by atoms with Gasteiger partial charge < -0.3 is 24.8 Å². The minimum Gasteiger partial charge on any atom is -0.497 e. The zero-order valence-corrected chi connectivity index (χ0v) is 11.8. The van der Waals surface area contributed by atoms with Crippen molar-refractivity contribution in [1.29, 1.82) is 0 Å². The van der Waals surface area contributed by atoms with E-state index in [1.165, 1.54) is 7.11 Å². The molecule has 0 radical (unpaired) electrons. The first-order valence-electron chi connectivity index (χ1n) is 6.52. The van der Waals surface area contributed by atoms with Crippen LogP contribution in [0.25, 0.3) is 0 Å². The molecule has 2 rings (SSSR count). The van der Waals surface area contributed by atoms with E-state index in [0.29, 0.717) is 43.4 Å². The van der Waals surface area contributed by atoms with Gasteiger partial charge in [-0.2, -0.15) is 0 Å². The Morgan fingerprint density at radius 3 is 2.90 bits per heavy atom. The average Bonchev–Trinajstić information content (AvgIpc) is 2.53. The number of carbonyl (C=O) groups is 1. The number of nitrogens with zero attached hydrogens (tertiary/aromatic N) is 1. The number of hydrogen-bond acceptors (Lipinski definition) is 5. The van der Waals surface area contributed by atoms with Crippen molar-refractivity contribution in [3.05, 3.63) is 23.8 Å². The number of morpholine rings is 1. The minimum atomic E-state index is -0.0944. The number of carbonyl (C=O) groups excluding carboxylic acids is 1. The molecule has 0 bridgehead atoms. The van der Waals surface area contributed by atoms with Crippen LogP contribution in [-0.2, 0) is 4.74 Å². The maximum absolute atomic E-state index is 12.6. The monoisotopic (exact) mass is 280 g/mol. The van der Waals surface area contributed by atoms with E-state index in [4.69, 9.17) is 19.9 Å². The number of rotatable bonds is 4. The smallest absolute Gasteiger partial charge is 0.258 e. The number of ether oxygens (including phenoxy) is 3. The molecule has 6 nitrogen and oxygen atoms in total. The predicted octanol–water partition coefficient (Wildman–Crippen LogP) is 0.504. The Bertz CT molecular complexity index is 478. The molecule has 0 spiro atoms. The lowest BCUT2D eigenvalue weighted by Gasteiger charge is -2.35. The van der Waals surface area contributed by atoms with Crippen LogP contribution in [0.1, 0.15) is 10.4 Å². The summed E-state index contributed by atoms with van der Waals surface area (Å²) in [4.78, 5) is 14.4. The highest BCUT2D eigenvalue weighted by Gasteiger charge is 2.28. The minimum absolute atomic E-state index is 0.0942. The van der Waals surface area contributed by atoms with E-state index in [9.17, 15) is 4.79 Å². The van der Waals surface area contributed by atoms with Crippen LogP contribution in [0.4, 0.5) is 0 Å². The van der Waals surface area contributed by atoms with Gasteiger partial charge in [0, 0.05) is 19.2 Å². The molecule has 6 heteroatoms. The molecule has 1 unspecified atom stereocenters. The van der Waals surface area contributed by atoms with Crippen LogP contribution >= 0.6 is 0 Å². The van der Waals surface area contributed by atoms with Gasteiger partial charge in [-0.3, -0.25) is 4.79 Å². The summed E-state index contributed by atoms with van der Waals surface area (Å²) >= 11 is 0. The van der Waals surface area contributed by atoms with Crippen LogP contribution in [-0.4, -0.2) is 57.4 Å². The SMILES string of the molecule is COc1ccc(C(=O)N2CCOCC2CN)c(OC)c1. The van der Waals surface area contributed by atoms with Gasteiger partial charge in [0.05, 0.1) is 39.0 Å². The van der Waals surface area contributed by atoms with Gasteiger partial charge in [0.1, 0.15) is 11.5 Å². The summed E-state index contributed by atoms with van der Waals surface area (Å²) in [5, 5.41) is 0. The molecule has 0 aliphatic carbocycles. The number of hydrogen-bond donors (Lipinski definition) is 1. The largest absolute Gasteiger partial charge is 0.497 e. The van der Waals surface area contributed by atoms with Crippen molar-refractivity contribution in [3.8, 4) is 11.5 Å². The topological polar surface area (TPSA) is 74.0 Å². The normalized spacial score (nSPS) is 18.8. The van der Waals surface area contributed by atoms with E-state index >= 15 is 0 Å². The first-order chi connectivity index (χ1) is 9.71. The van der Waals surface area contributed by atoms with Crippen molar-refractivity contribution in [2.75, 3.05) is 40.5 Å². The molecule has 0 saturated carbocycles. The zero-order valence-electron chi connectivity index (χ0n) is 11.8. The van der Waals surface area contributed by atoms with Gasteiger partial charge in [-0.05, 0) is 12.1 Å².